The maximum Gasteiger partial charge on any atom is 0.338 e. The number of hydrogen-bond acceptors (Lipinski definition) is 4. The Morgan fingerprint density at radius 3 is 2.76 bits per heavy atom. The van der Waals surface area contributed by atoms with Crippen LogP contribution in [-0.4, -0.2) is 31.6 Å². The summed E-state index contributed by atoms with van der Waals surface area (Å²) in [6.07, 6.45) is 2.29. The van der Waals surface area contributed by atoms with Gasteiger partial charge in [0.2, 0.25) is 0 Å². The molecule has 1 unspecified atom stereocenters. The van der Waals surface area contributed by atoms with Crippen molar-refractivity contribution in [3.63, 3.8) is 0 Å². The van der Waals surface area contributed by atoms with Crippen LogP contribution < -0.4 is 10.2 Å². The Balaban J connectivity index is 1.56. The van der Waals surface area contributed by atoms with Crippen LogP contribution in [0.2, 0.25) is 0 Å². The molecule has 132 valence electrons. The lowest BCUT2D eigenvalue weighted by Gasteiger charge is -2.20. The van der Waals surface area contributed by atoms with Crippen LogP contribution in [0.1, 0.15) is 41.0 Å². The topological polar surface area (TPSA) is 59.8 Å². The molecule has 1 saturated heterocycles. The second kappa shape index (κ2) is 8.27. The molecule has 1 aliphatic rings. The summed E-state index contributed by atoms with van der Waals surface area (Å²) in [7, 11) is 0. The smallest absolute Gasteiger partial charge is 0.338 e. The fraction of sp³-hybridized carbons (Fsp3) is 0.368. The summed E-state index contributed by atoms with van der Waals surface area (Å²) in [5.41, 5.74) is 1.19. The molecule has 6 heteroatoms. The molecular weight excluding hydrogens is 336 g/mol. The average molecular weight is 359 g/mol. The second-order valence-electron chi connectivity index (χ2n) is 6.14. The van der Waals surface area contributed by atoms with E-state index in [1.54, 1.807) is 42.5 Å². The van der Waals surface area contributed by atoms with E-state index in [1.807, 2.05) is 0 Å². The van der Waals surface area contributed by atoms with Gasteiger partial charge in [-0.2, -0.15) is 0 Å². The van der Waals surface area contributed by atoms with Crippen LogP contribution in [0.15, 0.2) is 41.8 Å². The van der Waals surface area contributed by atoms with E-state index in [0.29, 0.717) is 30.4 Å². The second-order valence-corrected chi connectivity index (χ2v) is 7.12. The molecule has 0 bridgehead atoms. The highest BCUT2D eigenvalue weighted by Crippen LogP contribution is 2.23. The molecule has 0 saturated carbocycles. The molecular formula is C19H23N2O3S+. The van der Waals surface area contributed by atoms with E-state index in [2.05, 4.69) is 22.8 Å². The first-order valence-electron chi connectivity index (χ1n) is 8.62. The Labute approximate surface area is 151 Å². The molecule has 1 amide bonds. The monoisotopic (exact) mass is 359 g/mol. The zero-order valence-electron chi connectivity index (χ0n) is 14.3. The number of quaternary nitrogens is 1. The first-order valence-corrected chi connectivity index (χ1v) is 9.50. The van der Waals surface area contributed by atoms with E-state index in [9.17, 15) is 9.59 Å². The summed E-state index contributed by atoms with van der Waals surface area (Å²) in [4.78, 5) is 26.7. The number of likely N-dealkylation sites (tertiary alicyclic amines) is 1. The highest BCUT2D eigenvalue weighted by atomic mass is 32.1. The zero-order chi connectivity index (χ0) is 17.6. The van der Waals surface area contributed by atoms with Gasteiger partial charge in [-0.3, -0.25) is 4.79 Å². The summed E-state index contributed by atoms with van der Waals surface area (Å²) >= 11 is 1.77. The summed E-state index contributed by atoms with van der Waals surface area (Å²) in [5, 5.41) is 5.02. The molecule has 5 nitrogen and oxygen atoms in total. The predicted octanol–water partition coefficient (Wildman–Crippen LogP) is 2.28. The van der Waals surface area contributed by atoms with Crippen LogP contribution in [-0.2, 0) is 9.53 Å². The van der Waals surface area contributed by atoms with Gasteiger partial charge in [0, 0.05) is 18.5 Å². The fourth-order valence-corrected chi connectivity index (χ4v) is 4.19. The van der Waals surface area contributed by atoms with Crippen LogP contribution in [0.3, 0.4) is 0 Å². The first kappa shape index (κ1) is 17.6. The van der Waals surface area contributed by atoms with Crippen molar-refractivity contribution in [1.82, 2.24) is 0 Å². The lowest BCUT2D eigenvalue weighted by Crippen LogP contribution is -3.11. The summed E-state index contributed by atoms with van der Waals surface area (Å²) in [5.74, 6) is -0.344. The van der Waals surface area contributed by atoms with Gasteiger partial charge in [-0.25, -0.2) is 4.79 Å². The largest absolute Gasteiger partial charge is 0.462 e. The highest BCUT2D eigenvalue weighted by Gasteiger charge is 2.32. The van der Waals surface area contributed by atoms with Gasteiger partial charge in [-0.15, -0.1) is 11.3 Å². The minimum absolute atomic E-state index is 0.00217. The van der Waals surface area contributed by atoms with Crippen molar-refractivity contribution in [2.75, 3.05) is 25.0 Å². The third kappa shape index (κ3) is 4.46. The van der Waals surface area contributed by atoms with Crippen LogP contribution in [0.4, 0.5) is 5.69 Å². The van der Waals surface area contributed by atoms with Gasteiger partial charge in [0.25, 0.3) is 5.91 Å². The molecule has 2 N–H and O–H groups in total. The van der Waals surface area contributed by atoms with Crippen molar-refractivity contribution in [3.8, 4) is 0 Å². The van der Waals surface area contributed by atoms with Crippen molar-refractivity contribution in [2.24, 2.45) is 0 Å². The number of esters is 1. The molecule has 1 fully saturated rings. The summed E-state index contributed by atoms with van der Waals surface area (Å²) in [6.45, 7) is 3.61. The molecule has 1 aliphatic heterocycles. The molecule has 2 atom stereocenters. The van der Waals surface area contributed by atoms with Gasteiger partial charge >= 0.3 is 5.97 Å². The normalized spacial score (nSPS) is 19.6. The molecule has 25 heavy (non-hydrogen) atoms. The minimum atomic E-state index is -0.347. The number of ether oxygens (including phenoxy) is 1. The van der Waals surface area contributed by atoms with Gasteiger partial charge in [-0.05, 0) is 42.6 Å². The lowest BCUT2D eigenvalue weighted by atomic mass is 10.2. The fourth-order valence-electron chi connectivity index (χ4n) is 3.27. The van der Waals surface area contributed by atoms with Crippen LogP contribution >= 0.6 is 11.3 Å². The van der Waals surface area contributed by atoms with E-state index in [-0.39, 0.29) is 11.9 Å². The number of carbonyl (C=O) groups excluding carboxylic acids is 2. The third-order valence-corrected chi connectivity index (χ3v) is 5.42. The van der Waals surface area contributed by atoms with Gasteiger partial charge in [0.1, 0.15) is 6.04 Å². The number of thiophene rings is 1. The molecule has 2 aromatic rings. The molecule has 2 heterocycles. The molecule has 1 aromatic heterocycles. The van der Waals surface area contributed by atoms with Gasteiger partial charge < -0.3 is 15.0 Å². The number of nitrogens with one attached hydrogen (secondary N) is 2. The Morgan fingerprint density at radius 1 is 1.28 bits per heavy atom. The van der Waals surface area contributed by atoms with E-state index in [1.165, 1.54) is 9.78 Å². The quantitative estimate of drug-likeness (QED) is 0.778. The van der Waals surface area contributed by atoms with Crippen molar-refractivity contribution in [3.05, 3.63) is 52.2 Å². The van der Waals surface area contributed by atoms with E-state index in [4.69, 9.17) is 4.74 Å². The SMILES string of the molecule is CCOC(=O)c1ccc(NC(=O)C[NH+]2CCC[C@@H]2c2cccs2)cc1. The zero-order valence-corrected chi connectivity index (χ0v) is 15.1. The van der Waals surface area contributed by atoms with Crippen molar-refractivity contribution in [1.29, 1.82) is 0 Å². The maximum absolute atomic E-state index is 12.4. The maximum atomic E-state index is 12.4. The van der Waals surface area contributed by atoms with E-state index < -0.39 is 0 Å². The van der Waals surface area contributed by atoms with Crippen LogP contribution in [0.5, 0.6) is 0 Å². The van der Waals surface area contributed by atoms with Crippen molar-refractivity contribution >= 4 is 28.9 Å². The van der Waals surface area contributed by atoms with Crippen LogP contribution in [0, 0.1) is 0 Å². The average Bonchev–Trinajstić information content (AvgIpc) is 3.26. The van der Waals surface area contributed by atoms with Gasteiger partial charge in [0.15, 0.2) is 6.54 Å². The van der Waals surface area contributed by atoms with Gasteiger partial charge in [-0.1, -0.05) is 6.07 Å². The Bertz CT molecular complexity index is 713. The molecule has 0 radical (unpaired) electrons. The number of hydrogen-bond donors (Lipinski definition) is 2. The predicted molar refractivity (Wildman–Crippen MR) is 98.0 cm³/mol. The Kier molecular flexibility index (Phi) is 5.83. The number of amides is 1. The highest BCUT2D eigenvalue weighted by molar-refractivity contribution is 7.10. The summed E-state index contributed by atoms with van der Waals surface area (Å²) in [6, 6.07) is 11.5. The number of benzene rings is 1. The van der Waals surface area contributed by atoms with Crippen molar-refractivity contribution < 1.29 is 19.2 Å². The molecule has 0 aliphatic carbocycles. The van der Waals surface area contributed by atoms with Crippen LogP contribution in [0.25, 0.3) is 0 Å². The van der Waals surface area contributed by atoms with Gasteiger partial charge in [0.05, 0.1) is 23.6 Å². The Hall–Kier alpha value is -2.18. The first-order chi connectivity index (χ1) is 12.2. The molecule has 1 aromatic carbocycles. The summed E-state index contributed by atoms with van der Waals surface area (Å²) < 4.78 is 4.96. The number of carbonyl (C=O) groups is 2. The Morgan fingerprint density at radius 2 is 2.08 bits per heavy atom. The molecule has 0 spiro atoms. The number of rotatable bonds is 6. The standard InChI is InChI=1S/C19H22N2O3S/c1-2-24-19(23)14-7-9-15(10-8-14)20-18(22)13-21-11-3-5-16(21)17-6-4-12-25-17/h4,6-10,12,16H,2-3,5,11,13H2,1H3,(H,20,22)/p+1/t16-/m1/s1. The van der Waals surface area contributed by atoms with E-state index in [0.717, 1.165) is 19.4 Å². The minimum Gasteiger partial charge on any atom is -0.462 e. The van der Waals surface area contributed by atoms with Crippen molar-refractivity contribution in [2.45, 2.75) is 25.8 Å². The lowest BCUT2D eigenvalue weighted by molar-refractivity contribution is -0.910. The number of anilines is 1. The van der Waals surface area contributed by atoms with E-state index >= 15 is 0 Å². The molecule has 3 rings (SSSR count). The third-order valence-electron chi connectivity index (χ3n) is 4.44.